The fourth-order valence-corrected chi connectivity index (χ4v) is 3.02. The summed E-state index contributed by atoms with van der Waals surface area (Å²) in [5, 5.41) is 0. The number of imidazole rings is 1. The van der Waals surface area contributed by atoms with Gasteiger partial charge in [-0.1, -0.05) is 28.9 Å². The van der Waals surface area contributed by atoms with E-state index < -0.39 is 0 Å². The van der Waals surface area contributed by atoms with Crippen LogP contribution in [0.5, 0.6) is 0 Å². The zero-order valence-electron chi connectivity index (χ0n) is 11.9. The van der Waals surface area contributed by atoms with Crippen LogP contribution in [0.25, 0.3) is 0 Å². The Morgan fingerprint density at radius 3 is 2.85 bits per heavy atom. The molecule has 0 aliphatic rings. The van der Waals surface area contributed by atoms with Crippen molar-refractivity contribution in [1.29, 1.82) is 0 Å². The molecule has 0 saturated carbocycles. The smallest absolute Gasteiger partial charge is 0.110 e. The molecule has 0 fully saturated rings. The first-order valence-corrected chi connectivity index (χ1v) is 7.66. The molecule has 20 heavy (non-hydrogen) atoms. The predicted octanol–water partition coefficient (Wildman–Crippen LogP) is 3.11. The van der Waals surface area contributed by atoms with Gasteiger partial charge in [0.15, 0.2) is 0 Å². The molecule has 0 radical (unpaired) electrons. The molecule has 0 spiro atoms. The van der Waals surface area contributed by atoms with Gasteiger partial charge in [0, 0.05) is 29.8 Å². The Balaban J connectivity index is 2.22. The first-order chi connectivity index (χ1) is 9.63. The van der Waals surface area contributed by atoms with E-state index in [0.717, 1.165) is 29.7 Å². The van der Waals surface area contributed by atoms with E-state index in [-0.39, 0.29) is 6.04 Å². The lowest BCUT2D eigenvalue weighted by Crippen LogP contribution is -2.30. The van der Waals surface area contributed by atoms with Gasteiger partial charge in [-0.15, -0.1) is 0 Å². The predicted molar refractivity (Wildman–Crippen MR) is 85.2 cm³/mol. The molecule has 0 aliphatic carbocycles. The van der Waals surface area contributed by atoms with Crippen LogP contribution in [0.1, 0.15) is 36.3 Å². The van der Waals surface area contributed by atoms with Gasteiger partial charge in [-0.3, -0.25) is 11.3 Å². The highest BCUT2D eigenvalue weighted by Gasteiger charge is 2.14. The number of hydrazine groups is 1. The van der Waals surface area contributed by atoms with Gasteiger partial charge >= 0.3 is 0 Å². The molecule has 108 valence electrons. The SMILES string of the molecule is CCCn1ccnc1CC(NN)c1cc(C)cc(Br)c1. The van der Waals surface area contributed by atoms with Crippen LogP contribution < -0.4 is 11.3 Å². The standard InChI is InChI=1S/C15H21BrN4/c1-3-5-20-6-4-18-15(20)10-14(19-17)12-7-11(2)8-13(16)9-12/h4,6-9,14,19H,3,5,10,17H2,1-2H3. The van der Waals surface area contributed by atoms with Crippen molar-refractivity contribution in [2.75, 3.05) is 0 Å². The topological polar surface area (TPSA) is 55.9 Å². The highest BCUT2D eigenvalue weighted by atomic mass is 79.9. The maximum absolute atomic E-state index is 5.74. The number of benzene rings is 1. The zero-order chi connectivity index (χ0) is 14.5. The van der Waals surface area contributed by atoms with Crippen molar-refractivity contribution in [2.45, 2.75) is 39.3 Å². The largest absolute Gasteiger partial charge is 0.335 e. The van der Waals surface area contributed by atoms with Crippen LogP contribution in [-0.4, -0.2) is 9.55 Å². The van der Waals surface area contributed by atoms with Gasteiger partial charge in [0.1, 0.15) is 5.82 Å². The first kappa shape index (κ1) is 15.2. The summed E-state index contributed by atoms with van der Waals surface area (Å²) in [6, 6.07) is 6.41. The fourth-order valence-electron chi connectivity index (χ4n) is 2.40. The molecule has 1 aromatic heterocycles. The molecule has 1 heterocycles. The molecular weight excluding hydrogens is 316 g/mol. The van der Waals surface area contributed by atoms with Gasteiger partial charge < -0.3 is 4.57 Å². The van der Waals surface area contributed by atoms with E-state index >= 15 is 0 Å². The molecule has 4 nitrogen and oxygen atoms in total. The number of hydrogen-bond donors (Lipinski definition) is 2. The van der Waals surface area contributed by atoms with Gasteiger partial charge in [-0.25, -0.2) is 4.98 Å². The summed E-state index contributed by atoms with van der Waals surface area (Å²) >= 11 is 3.54. The number of aromatic nitrogens is 2. The van der Waals surface area contributed by atoms with Crippen molar-refractivity contribution in [1.82, 2.24) is 15.0 Å². The average molecular weight is 337 g/mol. The van der Waals surface area contributed by atoms with Crippen LogP contribution in [0.3, 0.4) is 0 Å². The molecule has 1 aromatic carbocycles. The zero-order valence-corrected chi connectivity index (χ0v) is 13.5. The maximum Gasteiger partial charge on any atom is 0.110 e. The Bertz CT molecular complexity index is 545. The highest BCUT2D eigenvalue weighted by molar-refractivity contribution is 9.10. The van der Waals surface area contributed by atoms with Crippen LogP contribution in [-0.2, 0) is 13.0 Å². The van der Waals surface area contributed by atoms with Crippen LogP contribution >= 0.6 is 15.9 Å². The molecule has 1 atom stereocenters. The lowest BCUT2D eigenvalue weighted by molar-refractivity contribution is 0.516. The lowest BCUT2D eigenvalue weighted by atomic mass is 10.0. The van der Waals surface area contributed by atoms with Gasteiger partial charge in [-0.05, 0) is 36.6 Å². The van der Waals surface area contributed by atoms with Crippen LogP contribution in [0.2, 0.25) is 0 Å². The minimum Gasteiger partial charge on any atom is -0.335 e. The van der Waals surface area contributed by atoms with Crippen LogP contribution in [0, 0.1) is 6.92 Å². The van der Waals surface area contributed by atoms with E-state index in [0.29, 0.717) is 0 Å². The normalized spacial score (nSPS) is 12.6. The Morgan fingerprint density at radius 2 is 2.20 bits per heavy atom. The number of nitrogens with two attached hydrogens (primary N) is 1. The van der Waals surface area contributed by atoms with Crippen molar-refractivity contribution in [2.24, 2.45) is 5.84 Å². The molecule has 5 heteroatoms. The number of aryl methyl sites for hydroxylation is 2. The summed E-state index contributed by atoms with van der Waals surface area (Å²) in [6.07, 6.45) is 5.75. The van der Waals surface area contributed by atoms with Gasteiger partial charge in [-0.2, -0.15) is 0 Å². The molecule has 2 aromatic rings. The molecule has 2 rings (SSSR count). The lowest BCUT2D eigenvalue weighted by Gasteiger charge is -2.18. The van der Waals surface area contributed by atoms with Crippen molar-refractivity contribution >= 4 is 15.9 Å². The van der Waals surface area contributed by atoms with E-state index in [4.69, 9.17) is 5.84 Å². The first-order valence-electron chi connectivity index (χ1n) is 6.87. The number of halogens is 1. The maximum atomic E-state index is 5.74. The van der Waals surface area contributed by atoms with E-state index in [1.54, 1.807) is 0 Å². The van der Waals surface area contributed by atoms with Crippen LogP contribution in [0.15, 0.2) is 35.1 Å². The molecule has 3 N–H and O–H groups in total. The number of hydrogen-bond acceptors (Lipinski definition) is 3. The highest BCUT2D eigenvalue weighted by Crippen LogP contribution is 2.23. The van der Waals surface area contributed by atoms with Gasteiger partial charge in [0.25, 0.3) is 0 Å². The van der Waals surface area contributed by atoms with Crippen LogP contribution in [0.4, 0.5) is 0 Å². The second-order valence-electron chi connectivity index (χ2n) is 5.02. The molecule has 0 saturated heterocycles. The minimum absolute atomic E-state index is 0.0595. The summed E-state index contributed by atoms with van der Waals surface area (Å²) in [5.74, 6) is 6.81. The fraction of sp³-hybridized carbons (Fsp3) is 0.400. The van der Waals surface area contributed by atoms with E-state index in [9.17, 15) is 0 Å². The number of nitrogens with zero attached hydrogens (tertiary/aromatic N) is 2. The molecule has 0 amide bonds. The molecule has 0 aliphatic heterocycles. The third-order valence-corrected chi connectivity index (χ3v) is 3.78. The van der Waals surface area contributed by atoms with Gasteiger partial charge in [0.2, 0.25) is 0 Å². The van der Waals surface area contributed by atoms with E-state index in [1.807, 2.05) is 12.4 Å². The Morgan fingerprint density at radius 1 is 1.40 bits per heavy atom. The van der Waals surface area contributed by atoms with E-state index in [1.165, 1.54) is 11.1 Å². The quantitative estimate of drug-likeness (QED) is 0.629. The Kier molecular flexibility index (Phi) is 5.34. The average Bonchev–Trinajstić information content (AvgIpc) is 2.82. The summed E-state index contributed by atoms with van der Waals surface area (Å²) < 4.78 is 3.26. The monoisotopic (exact) mass is 336 g/mol. The van der Waals surface area contributed by atoms with E-state index in [2.05, 4.69) is 63.0 Å². The summed E-state index contributed by atoms with van der Waals surface area (Å²) in [4.78, 5) is 4.45. The summed E-state index contributed by atoms with van der Waals surface area (Å²) in [5.41, 5.74) is 5.29. The van der Waals surface area contributed by atoms with Crippen molar-refractivity contribution < 1.29 is 0 Å². The molecular formula is C15H21BrN4. The number of rotatable bonds is 6. The minimum atomic E-state index is 0.0595. The second kappa shape index (κ2) is 7.02. The third-order valence-electron chi connectivity index (χ3n) is 3.32. The molecule has 1 unspecified atom stereocenters. The van der Waals surface area contributed by atoms with Crippen molar-refractivity contribution in [3.8, 4) is 0 Å². The number of nitrogens with one attached hydrogen (secondary N) is 1. The summed E-state index contributed by atoms with van der Waals surface area (Å²) in [6.45, 7) is 5.24. The molecule has 0 bridgehead atoms. The third kappa shape index (κ3) is 3.69. The second-order valence-corrected chi connectivity index (χ2v) is 5.94. The van der Waals surface area contributed by atoms with Gasteiger partial charge in [0.05, 0.1) is 6.04 Å². The van der Waals surface area contributed by atoms with Crippen molar-refractivity contribution in [3.63, 3.8) is 0 Å². The Hall–Kier alpha value is -1.17. The van der Waals surface area contributed by atoms with Crippen molar-refractivity contribution in [3.05, 3.63) is 52.0 Å². The summed E-state index contributed by atoms with van der Waals surface area (Å²) in [7, 11) is 0. The Labute approximate surface area is 128 Å².